The Bertz CT molecular complexity index is 700. The molecule has 0 unspecified atom stereocenters. The number of hydrogen-bond acceptors (Lipinski definition) is 5. The molecule has 0 spiro atoms. The molecule has 1 aliphatic rings. The molecule has 1 aliphatic carbocycles. The molecule has 0 saturated heterocycles. The number of thiazole rings is 1. The lowest BCUT2D eigenvalue weighted by Crippen LogP contribution is -2.25. The number of carbonyl (C=O) groups excluding carboxylic acids is 1. The first-order chi connectivity index (χ1) is 9.38. The van der Waals surface area contributed by atoms with Crippen molar-refractivity contribution in [1.82, 2.24) is 15.0 Å². The molecule has 2 heterocycles. The number of rotatable bonds is 1. The number of fused-ring (bicyclic) bond motifs is 3. The minimum Gasteiger partial charge on any atom is -0.364 e. The summed E-state index contributed by atoms with van der Waals surface area (Å²) in [4.78, 5) is 26.0. The first kappa shape index (κ1) is 13.2. The van der Waals surface area contributed by atoms with E-state index in [-0.39, 0.29) is 5.41 Å². The van der Waals surface area contributed by atoms with Gasteiger partial charge in [-0.25, -0.2) is 15.0 Å². The summed E-state index contributed by atoms with van der Waals surface area (Å²) in [5.74, 6) is 0.136. The van der Waals surface area contributed by atoms with Gasteiger partial charge in [-0.3, -0.25) is 4.79 Å². The third-order valence-electron chi connectivity index (χ3n) is 3.33. The molecule has 20 heavy (non-hydrogen) atoms. The fraction of sp³-hybridized carbons (Fsp3) is 0.429. The third kappa shape index (κ3) is 2.00. The zero-order valence-electron chi connectivity index (χ0n) is 11.6. The molecule has 2 aromatic heterocycles. The summed E-state index contributed by atoms with van der Waals surface area (Å²) in [5.41, 5.74) is 11.1. The number of nitrogens with zero attached hydrogens (tertiary/aromatic N) is 3. The van der Waals surface area contributed by atoms with E-state index in [4.69, 9.17) is 5.73 Å². The van der Waals surface area contributed by atoms with Gasteiger partial charge in [-0.15, -0.1) is 11.3 Å². The van der Waals surface area contributed by atoms with Crippen LogP contribution >= 0.6 is 11.3 Å². The summed E-state index contributed by atoms with van der Waals surface area (Å²) in [5, 5.41) is 0. The summed E-state index contributed by atoms with van der Waals surface area (Å²) in [6, 6.07) is 0. The first-order valence-corrected chi connectivity index (χ1v) is 7.27. The van der Waals surface area contributed by atoms with Gasteiger partial charge in [0, 0.05) is 11.0 Å². The molecular formula is C14H15N4OS. The smallest absolute Gasteiger partial charge is 0.267 e. The summed E-state index contributed by atoms with van der Waals surface area (Å²) < 4.78 is 0. The fourth-order valence-corrected chi connectivity index (χ4v) is 3.06. The van der Waals surface area contributed by atoms with Crippen molar-refractivity contribution in [2.45, 2.75) is 39.0 Å². The Morgan fingerprint density at radius 2 is 2.05 bits per heavy atom. The number of primary amides is 1. The van der Waals surface area contributed by atoms with Gasteiger partial charge in [0.2, 0.25) is 0 Å². The van der Waals surface area contributed by atoms with Crippen molar-refractivity contribution in [3.8, 4) is 10.6 Å². The zero-order chi connectivity index (χ0) is 14.5. The van der Waals surface area contributed by atoms with Crippen LogP contribution in [0, 0.1) is 5.51 Å². The molecule has 3 rings (SSSR count). The van der Waals surface area contributed by atoms with E-state index in [9.17, 15) is 4.79 Å². The van der Waals surface area contributed by atoms with Crippen LogP contribution in [0.3, 0.4) is 0 Å². The van der Waals surface area contributed by atoms with E-state index in [1.54, 1.807) is 0 Å². The van der Waals surface area contributed by atoms with Gasteiger partial charge in [-0.1, -0.05) is 20.8 Å². The molecule has 1 radical (unpaired) electrons. The van der Waals surface area contributed by atoms with E-state index in [1.807, 2.05) is 20.8 Å². The summed E-state index contributed by atoms with van der Waals surface area (Å²) in [6.45, 7) is 6.05. The van der Waals surface area contributed by atoms with E-state index >= 15 is 0 Å². The number of carbonyl (C=O) groups is 1. The lowest BCUT2D eigenvalue weighted by Gasteiger charge is -2.22. The Hall–Kier alpha value is -1.82. The molecule has 0 aliphatic heterocycles. The molecule has 0 bridgehead atoms. The predicted molar refractivity (Wildman–Crippen MR) is 76.6 cm³/mol. The molecular weight excluding hydrogens is 272 g/mol. The highest BCUT2D eigenvalue weighted by molar-refractivity contribution is 7.13. The van der Waals surface area contributed by atoms with Crippen LogP contribution in [0.25, 0.3) is 10.6 Å². The van der Waals surface area contributed by atoms with Crippen LogP contribution < -0.4 is 5.73 Å². The maximum absolute atomic E-state index is 11.7. The minimum atomic E-state index is -0.494. The average molecular weight is 287 g/mol. The Kier molecular flexibility index (Phi) is 2.86. The number of nitrogens with two attached hydrogens (primary N) is 1. The lowest BCUT2D eigenvalue weighted by molar-refractivity contribution is 0.0994. The van der Waals surface area contributed by atoms with Crippen molar-refractivity contribution < 1.29 is 4.79 Å². The van der Waals surface area contributed by atoms with Crippen LogP contribution in [0.2, 0.25) is 0 Å². The average Bonchev–Trinajstić information content (AvgIpc) is 2.84. The molecule has 1 amide bonds. The summed E-state index contributed by atoms with van der Waals surface area (Å²) in [7, 11) is 0. The normalized spacial score (nSPS) is 13.8. The van der Waals surface area contributed by atoms with Crippen molar-refractivity contribution in [1.29, 1.82) is 0 Å². The molecule has 0 saturated carbocycles. The van der Waals surface area contributed by atoms with Crippen LogP contribution in [0.1, 0.15) is 48.3 Å². The molecule has 6 heteroatoms. The summed E-state index contributed by atoms with van der Waals surface area (Å²) in [6.07, 6.45) is 1.48. The van der Waals surface area contributed by atoms with Crippen LogP contribution in [0.4, 0.5) is 0 Å². The van der Waals surface area contributed by atoms with Crippen molar-refractivity contribution >= 4 is 17.2 Å². The van der Waals surface area contributed by atoms with Crippen LogP contribution in [-0.4, -0.2) is 20.9 Å². The summed E-state index contributed by atoms with van der Waals surface area (Å²) >= 11 is 1.43. The largest absolute Gasteiger partial charge is 0.364 e. The second-order valence-corrected chi connectivity index (χ2v) is 6.71. The van der Waals surface area contributed by atoms with E-state index in [0.29, 0.717) is 17.9 Å². The van der Waals surface area contributed by atoms with Crippen LogP contribution in [0.15, 0.2) is 0 Å². The number of aromatic nitrogens is 3. The van der Waals surface area contributed by atoms with Gasteiger partial charge in [0.05, 0.1) is 16.3 Å². The van der Waals surface area contributed by atoms with E-state index in [1.165, 1.54) is 11.3 Å². The van der Waals surface area contributed by atoms with Crippen molar-refractivity contribution in [2.24, 2.45) is 5.73 Å². The second-order valence-electron chi connectivity index (χ2n) is 5.92. The highest BCUT2D eigenvalue weighted by atomic mass is 32.1. The van der Waals surface area contributed by atoms with Crippen molar-refractivity contribution in [3.05, 3.63) is 28.3 Å². The van der Waals surface area contributed by atoms with Gasteiger partial charge in [0.25, 0.3) is 5.91 Å². The van der Waals surface area contributed by atoms with Gasteiger partial charge in [-0.2, -0.15) is 0 Å². The topological polar surface area (TPSA) is 81.8 Å². The van der Waals surface area contributed by atoms with Crippen molar-refractivity contribution in [3.63, 3.8) is 0 Å². The Morgan fingerprint density at radius 3 is 2.70 bits per heavy atom. The lowest BCUT2D eigenvalue weighted by atomic mass is 9.92. The van der Waals surface area contributed by atoms with Crippen molar-refractivity contribution in [2.75, 3.05) is 0 Å². The quantitative estimate of drug-likeness (QED) is 0.868. The molecule has 0 aromatic carbocycles. The number of amides is 1. The number of hydrogen-bond donors (Lipinski definition) is 1. The molecule has 103 valence electrons. The predicted octanol–water partition coefficient (Wildman–Crippen LogP) is 1.90. The van der Waals surface area contributed by atoms with Gasteiger partial charge in [0.1, 0.15) is 11.5 Å². The Balaban J connectivity index is 2.31. The maximum atomic E-state index is 11.7. The molecule has 0 fully saturated rings. The third-order valence-corrected chi connectivity index (χ3v) is 4.14. The minimum absolute atomic E-state index is 0.245. The highest BCUT2D eigenvalue weighted by Gasteiger charge is 2.29. The Labute approximate surface area is 121 Å². The standard InChI is InChI=1S/C14H15N4OS/c1-14(2,3)13-17-9-7(10(18-13)12(15)19)4-5-8-11(9)20-6-16-8/h4-5H2,1-3H3,(H2,15,19). The molecule has 2 aromatic rings. The fourth-order valence-electron chi connectivity index (χ4n) is 2.28. The molecule has 2 N–H and O–H groups in total. The second kappa shape index (κ2) is 4.34. The van der Waals surface area contributed by atoms with Gasteiger partial charge >= 0.3 is 0 Å². The highest BCUT2D eigenvalue weighted by Crippen LogP contribution is 2.36. The van der Waals surface area contributed by atoms with Gasteiger partial charge in [0.15, 0.2) is 5.51 Å². The zero-order valence-corrected chi connectivity index (χ0v) is 12.5. The molecule has 5 nitrogen and oxygen atoms in total. The van der Waals surface area contributed by atoms with Crippen LogP contribution in [0.5, 0.6) is 0 Å². The van der Waals surface area contributed by atoms with E-state index < -0.39 is 5.91 Å². The van der Waals surface area contributed by atoms with E-state index in [2.05, 4.69) is 20.5 Å². The first-order valence-electron chi connectivity index (χ1n) is 6.45. The maximum Gasteiger partial charge on any atom is 0.267 e. The van der Waals surface area contributed by atoms with Crippen LogP contribution in [-0.2, 0) is 18.3 Å². The van der Waals surface area contributed by atoms with Gasteiger partial charge in [-0.05, 0) is 12.8 Å². The monoisotopic (exact) mass is 287 g/mol. The number of aryl methyl sites for hydroxylation is 1. The Morgan fingerprint density at radius 1 is 1.30 bits per heavy atom. The van der Waals surface area contributed by atoms with E-state index in [0.717, 1.165) is 28.2 Å². The van der Waals surface area contributed by atoms with Gasteiger partial charge < -0.3 is 5.73 Å². The molecule has 0 atom stereocenters. The SMILES string of the molecule is CC(C)(C)c1nc(C(N)=O)c2c(n1)-c1s[c]nc1CC2.